The molecule has 2 heterocycles. The number of benzene rings is 2. The lowest BCUT2D eigenvalue weighted by Crippen LogP contribution is -2.18. The molecule has 1 aliphatic rings. The van der Waals surface area contributed by atoms with E-state index in [0.717, 1.165) is 23.5 Å². The summed E-state index contributed by atoms with van der Waals surface area (Å²) < 4.78 is 12.8. The Morgan fingerprint density at radius 3 is 2.70 bits per heavy atom. The Bertz CT molecular complexity index is 1040. The average Bonchev–Trinajstić information content (AvgIpc) is 3.14. The first kappa shape index (κ1) is 21.6. The molecule has 0 atom stereocenters. The first-order chi connectivity index (χ1) is 14.2. The highest BCUT2D eigenvalue weighted by atomic mass is 35.5. The van der Waals surface area contributed by atoms with E-state index in [4.69, 9.17) is 9.47 Å². The number of fused-ring (bicyclic) bond motifs is 1. The zero-order chi connectivity index (χ0) is 20.2. The van der Waals surface area contributed by atoms with Crippen molar-refractivity contribution in [3.8, 4) is 17.2 Å². The van der Waals surface area contributed by atoms with Crippen LogP contribution in [-0.2, 0) is 6.54 Å². The smallest absolute Gasteiger partial charge is 0.278 e. The minimum Gasteiger partial charge on any atom is -0.486 e. The van der Waals surface area contributed by atoms with Gasteiger partial charge < -0.3 is 20.1 Å². The monoisotopic (exact) mass is 429 g/mol. The van der Waals surface area contributed by atoms with Gasteiger partial charge in [-0.2, -0.15) is 0 Å². The van der Waals surface area contributed by atoms with Gasteiger partial charge in [-0.15, -0.1) is 17.5 Å². The second kappa shape index (κ2) is 9.60. The summed E-state index contributed by atoms with van der Waals surface area (Å²) >= 11 is 0. The molecule has 1 amide bonds. The molecule has 0 radical (unpaired) electrons. The van der Waals surface area contributed by atoms with E-state index in [1.165, 1.54) is 0 Å². The fourth-order valence-electron chi connectivity index (χ4n) is 3.19. The number of anilines is 1. The predicted molar refractivity (Wildman–Crippen MR) is 116 cm³/mol. The number of rotatable bonds is 6. The van der Waals surface area contributed by atoms with Crippen LogP contribution >= 0.6 is 12.4 Å². The largest absolute Gasteiger partial charge is 0.486 e. The van der Waals surface area contributed by atoms with Gasteiger partial charge in [0.1, 0.15) is 13.2 Å². The van der Waals surface area contributed by atoms with E-state index in [9.17, 15) is 4.79 Å². The third-order valence-corrected chi connectivity index (χ3v) is 4.71. The molecule has 158 valence electrons. The summed E-state index contributed by atoms with van der Waals surface area (Å²) in [4.78, 5) is 12.8. The van der Waals surface area contributed by atoms with Gasteiger partial charge in [-0.25, -0.2) is 4.68 Å². The summed E-state index contributed by atoms with van der Waals surface area (Å²) in [5, 5.41) is 14.5. The molecule has 30 heavy (non-hydrogen) atoms. The van der Waals surface area contributed by atoms with Crippen molar-refractivity contribution in [2.24, 2.45) is 0 Å². The molecule has 2 aromatic carbocycles. The van der Waals surface area contributed by atoms with Crippen LogP contribution in [0.2, 0.25) is 0 Å². The molecule has 0 aliphatic carbocycles. The third kappa shape index (κ3) is 4.39. The van der Waals surface area contributed by atoms with Crippen molar-refractivity contribution in [2.45, 2.75) is 20.4 Å². The van der Waals surface area contributed by atoms with Gasteiger partial charge in [-0.3, -0.25) is 4.79 Å². The van der Waals surface area contributed by atoms with E-state index in [1.54, 1.807) is 4.68 Å². The summed E-state index contributed by atoms with van der Waals surface area (Å²) in [7, 11) is 0. The minimum absolute atomic E-state index is 0. The van der Waals surface area contributed by atoms with Crippen molar-refractivity contribution in [1.82, 2.24) is 20.3 Å². The second-order valence-electron chi connectivity index (χ2n) is 6.65. The number of halogens is 1. The lowest BCUT2D eigenvalue weighted by molar-refractivity contribution is 0.102. The summed E-state index contributed by atoms with van der Waals surface area (Å²) in [6.45, 7) is 6.43. The molecular formula is C21H24ClN5O3. The molecule has 0 fully saturated rings. The lowest BCUT2D eigenvalue weighted by atomic mass is 10.1. The molecule has 0 unspecified atom stereocenters. The third-order valence-electron chi connectivity index (χ3n) is 4.71. The Labute approximate surface area is 181 Å². The summed E-state index contributed by atoms with van der Waals surface area (Å²) in [5.41, 5.74) is 3.44. The highest BCUT2D eigenvalue weighted by Crippen LogP contribution is 2.32. The molecule has 1 aliphatic heterocycles. The van der Waals surface area contributed by atoms with Crippen molar-refractivity contribution < 1.29 is 14.3 Å². The number of amides is 1. The van der Waals surface area contributed by atoms with E-state index >= 15 is 0 Å². The van der Waals surface area contributed by atoms with Gasteiger partial charge in [0.05, 0.1) is 11.4 Å². The zero-order valence-electron chi connectivity index (χ0n) is 16.8. The number of nitrogens with one attached hydrogen (secondary N) is 2. The van der Waals surface area contributed by atoms with Crippen LogP contribution in [0.1, 0.15) is 28.7 Å². The average molecular weight is 430 g/mol. The SMILES string of the molecule is CCNCc1ccccc1NC(=O)c1nnn(-c2ccc3c(c2)OCCO3)c1C.Cl. The molecule has 3 aromatic rings. The van der Waals surface area contributed by atoms with Gasteiger partial charge in [-0.1, -0.05) is 30.3 Å². The number of para-hydroxylation sites is 1. The van der Waals surface area contributed by atoms with Crippen molar-refractivity contribution in [3.05, 3.63) is 59.4 Å². The second-order valence-corrected chi connectivity index (χ2v) is 6.65. The van der Waals surface area contributed by atoms with Gasteiger partial charge in [0.25, 0.3) is 5.91 Å². The van der Waals surface area contributed by atoms with E-state index < -0.39 is 0 Å². The maximum absolute atomic E-state index is 12.8. The van der Waals surface area contributed by atoms with Crippen LogP contribution in [0.5, 0.6) is 11.5 Å². The number of aromatic nitrogens is 3. The van der Waals surface area contributed by atoms with Crippen LogP contribution in [0.4, 0.5) is 5.69 Å². The van der Waals surface area contributed by atoms with Crippen LogP contribution in [0.25, 0.3) is 5.69 Å². The summed E-state index contributed by atoms with van der Waals surface area (Å²) in [6, 6.07) is 13.2. The normalized spacial score (nSPS) is 12.2. The maximum Gasteiger partial charge on any atom is 0.278 e. The maximum atomic E-state index is 12.8. The molecule has 0 saturated heterocycles. The predicted octanol–water partition coefficient (Wildman–Crippen LogP) is 3.13. The Morgan fingerprint density at radius 1 is 1.13 bits per heavy atom. The fourth-order valence-corrected chi connectivity index (χ4v) is 3.19. The van der Waals surface area contributed by atoms with Gasteiger partial charge in [0, 0.05) is 18.3 Å². The first-order valence-corrected chi connectivity index (χ1v) is 9.59. The van der Waals surface area contributed by atoms with Crippen molar-refractivity contribution in [1.29, 1.82) is 0 Å². The topological polar surface area (TPSA) is 90.3 Å². The van der Waals surface area contributed by atoms with Crippen LogP contribution in [0.15, 0.2) is 42.5 Å². The molecule has 2 N–H and O–H groups in total. The number of carbonyl (C=O) groups is 1. The molecule has 0 bridgehead atoms. The number of hydrogen-bond donors (Lipinski definition) is 2. The van der Waals surface area contributed by atoms with Gasteiger partial charge >= 0.3 is 0 Å². The zero-order valence-corrected chi connectivity index (χ0v) is 17.7. The fraction of sp³-hybridized carbons (Fsp3) is 0.286. The van der Waals surface area contributed by atoms with Crippen LogP contribution in [0, 0.1) is 6.92 Å². The molecule has 8 nitrogen and oxygen atoms in total. The first-order valence-electron chi connectivity index (χ1n) is 9.59. The lowest BCUT2D eigenvalue weighted by Gasteiger charge is -2.18. The van der Waals surface area contributed by atoms with Crippen molar-refractivity contribution in [3.63, 3.8) is 0 Å². The van der Waals surface area contributed by atoms with Crippen LogP contribution in [-0.4, -0.2) is 40.7 Å². The number of carbonyl (C=O) groups excluding carboxylic acids is 1. The highest BCUT2D eigenvalue weighted by Gasteiger charge is 2.20. The summed E-state index contributed by atoms with van der Waals surface area (Å²) in [6.07, 6.45) is 0. The molecule has 4 rings (SSSR count). The van der Waals surface area contributed by atoms with Crippen molar-refractivity contribution >= 4 is 24.0 Å². The Morgan fingerprint density at radius 2 is 1.90 bits per heavy atom. The highest BCUT2D eigenvalue weighted by molar-refractivity contribution is 6.04. The number of hydrogen-bond acceptors (Lipinski definition) is 6. The minimum atomic E-state index is -0.296. The van der Waals surface area contributed by atoms with E-state index in [1.807, 2.05) is 56.3 Å². The number of nitrogens with zero attached hydrogens (tertiary/aromatic N) is 3. The van der Waals surface area contributed by atoms with Crippen LogP contribution in [0.3, 0.4) is 0 Å². The Balaban J connectivity index is 0.00000256. The Kier molecular flexibility index (Phi) is 6.91. The molecule has 0 saturated carbocycles. The van der Waals surface area contributed by atoms with Crippen LogP contribution < -0.4 is 20.1 Å². The molecule has 9 heteroatoms. The standard InChI is InChI=1S/C21H23N5O3.ClH/c1-3-22-13-15-6-4-5-7-17(15)23-21(27)20-14(2)26(25-24-20)16-8-9-18-19(12-16)29-11-10-28-18;/h4-9,12,22H,3,10-11,13H2,1-2H3,(H,23,27);1H. The Hall–Kier alpha value is -3.10. The van der Waals surface area contributed by atoms with Gasteiger partial charge in [0.15, 0.2) is 17.2 Å². The number of ether oxygens (including phenoxy) is 2. The summed E-state index contributed by atoms with van der Waals surface area (Å²) in [5.74, 6) is 1.07. The molecule has 1 aromatic heterocycles. The van der Waals surface area contributed by atoms with Gasteiger partial charge in [-0.05, 0) is 37.2 Å². The molecule has 0 spiro atoms. The molecular weight excluding hydrogens is 406 g/mol. The van der Waals surface area contributed by atoms with E-state index in [-0.39, 0.29) is 24.0 Å². The quantitative estimate of drug-likeness (QED) is 0.625. The van der Waals surface area contributed by atoms with Crippen molar-refractivity contribution in [2.75, 3.05) is 25.1 Å². The van der Waals surface area contributed by atoms with E-state index in [2.05, 4.69) is 20.9 Å². The van der Waals surface area contributed by atoms with E-state index in [0.29, 0.717) is 37.0 Å². The van der Waals surface area contributed by atoms with Gasteiger partial charge in [0.2, 0.25) is 0 Å².